The lowest BCUT2D eigenvalue weighted by Gasteiger charge is -2.24. The Labute approximate surface area is 175 Å². The molecule has 0 aliphatic rings. The van der Waals surface area contributed by atoms with Gasteiger partial charge in [0.25, 0.3) is 5.91 Å². The zero-order chi connectivity index (χ0) is 21.3. The van der Waals surface area contributed by atoms with Gasteiger partial charge in [-0.05, 0) is 50.1 Å². The van der Waals surface area contributed by atoms with Crippen molar-refractivity contribution in [3.05, 3.63) is 66.4 Å². The van der Waals surface area contributed by atoms with Crippen molar-refractivity contribution in [2.24, 2.45) is 5.92 Å². The summed E-state index contributed by atoms with van der Waals surface area (Å²) in [6.45, 7) is 8.44. The molecule has 154 valence electrons. The number of para-hydroxylation sites is 2. The van der Waals surface area contributed by atoms with E-state index in [0.29, 0.717) is 11.4 Å². The summed E-state index contributed by atoms with van der Waals surface area (Å²) >= 11 is 0. The number of rotatable bonds is 6. The lowest BCUT2D eigenvalue weighted by molar-refractivity contribution is 0.0916. The third-order valence-electron chi connectivity index (χ3n) is 5.17. The van der Waals surface area contributed by atoms with E-state index >= 15 is 0 Å². The number of imidazole rings is 1. The van der Waals surface area contributed by atoms with Gasteiger partial charge < -0.3 is 9.88 Å². The van der Waals surface area contributed by atoms with Crippen LogP contribution in [0.5, 0.6) is 0 Å². The topological polar surface area (TPSA) is 88.5 Å². The number of benzene rings is 1. The fraction of sp³-hybridized carbons (Fsp3) is 0.304. The second-order valence-electron chi connectivity index (χ2n) is 8.02. The van der Waals surface area contributed by atoms with Gasteiger partial charge in [-0.2, -0.15) is 5.10 Å². The summed E-state index contributed by atoms with van der Waals surface area (Å²) in [6.07, 6.45) is 3.41. The van der Waals surface area contributed by atoms with Gasteiger partial charge in [0, 0.05) is 24.0 Å². The minimum absolute atomic E-state index is 0.158. The summed E-state index contributed by atoms with van der Waals surface area (Å²) < 4.78 is 2.20. The SMILES string of the molecule is CC(C)C(NC(=O)c1cc(-c2ccncc2)n[nH]1)c1nc2ccccc2n1C(C)C. The molecule has 1 aromatic carbocycles. The molecule has 0 saturated carbocycles. The largest absolute Gasteiger partial charge is 0.340 e. The molecular formula is C23H26N6O. The van der Waals surface area contributed by atoms with E-state index in [9.17, 15) is 4.79 Å². The minimum atomic E-state index is -0.236. The Hall–Kier alpha value is -3.48. The number of carbonyl (C=O) groups is 1. The molecule has 4 aromatic rings. The van der Waals surface area contributed by atoms with Crippen molar-refractivity contribution in [2.75, 3.05) is 0 Å². The van der Waals surface area contributed by atoms with E-state index in [2.05, 4.69) is 58.8 Å². The molecule has 3 aromatic heterocycles. The number of fused-ring (bicyclic) bond motifs is 1. The van der Waals surface area contributed by atoms with Crippen molar-refractivity contribution in [2.45, 2.75) is 39.8 Å². The quantitative estimate of drug-likeness (QED) is 0.496. The van der Waals surface area contributed by atoms with Gasteiger partial charge >= 0.3 is 0 Å². The van der Waals surface area contributed by atoms with Crippen LogP contribution in [0.4, 0.5) is 0 Å². The van der Waals surface area contributed by atoms with Gasteiger partial charge in [-0.25, -0.2) is 4.98 Å². The Morgan fingerprint density at radius 1 is 1.07 bits per heavy atom. The molecular weight excluding hydrogens is 376 g/mol. The van der Waals surface area contributed by atoms with Crippen LogP contribution in [0.2, 0.25) is 0 Å². The number of aromatic nitrogens is 5. The van der Waals surface area contributed by atoms with Crippen LogP contribution in [0.3, 0.4) is 0 Å². The van der Waals surface area contributed by atoms with Gasteiger partial charge in [0.1, 0.15) is 11.5 Å². The Morgan fingerprint density at radius 2 is 1.80 bits per heavy atom. The number of nitrogens with one attached hydrogen (secondary N) is 2. The van der Waals surface area contributed by atoms with Crippen molar-refractivity contribution in [1.29, 1.82) is 0 Å². The second kappa shape index (κ2) is 8.10. The van der Waals surface area contributed by atoms with Gasteiger partial charge in [-0.1, -0.05) is 26.0 Å². The minimum Gasteiger partial charge on any atom is -0.340 e. The third-order valence-corrected chi connectivity index (χ3v) is 5.17. The third kappa shape index (κ3) is 3.70. The fourth-order valence-electron chi connectivity index (χ4n) is 3.68. The molecule has 0 aliphatic carbocycles. The summed E-state index contributed by atoms with van der Waals surface area (Å²) in [5.41, 5.74) is 4.03. The van der Waals surface area contributed by atoms with Crippen molar-refractivity contribution < 1.29 is 4.79 Å². The smallest absolute Gasteiger partial charge is 0.269 e. The van der Waals surface area contributed by atoms with Crippen LogP contribution in [0.25, 0.3) is 22.3 Å². The van der Waals surface area contributed by atoms with E-state index in [-0.39, 0.29) is 23.9 Å². The summed E-state index contributed by atoms with van der Waals surface area (Å²) in [5, 5.41) is 10.3. The van der Waals surface area contributed by atoms with Crippen LogP contribution < -0.4 is 5.32 Å². The molecule has 0 aliphatic heterocycles. The maximum atomic E-state index is 13.0. The first-order valence-corrected chi connectivity index (χ1v) is 10.2. The maximum absolute atomic E-state index is 13.0. The van der Waals surface area contributed by atoms with Crippen LogP contribution >= 0.6 is 0 Å². The molecule has 7 nitrogen and oxygen atoms in total. The van der Waals surface area contributed by atoms with E-state index in [0.717, 1.165) is 22.4 Å². The number of hydrogen-bond acceptors (Lipinski definition) is 4. The molecule has 0 saturated heterocycles. The average Bonchev–Trinajstić information content (AvgIpc) is 3.37. The zero-order valence-electron chi connectivity index (χ0n) is 17.6. The van der Waals surface area contributed by atoms with E-state index in [4.69, 9.17) is 4.98 Å². The molecule has 0 spiro atoms. The van der Waals surface area contributed by atoms with Crippen molar-refractivity contribution in [3.8, 4) is 11.3 Å². The number of pyridine rings is 1. The number of aromatic amines is 1. The highest BCUT2D eigenvalue weighted by Crippen LogP contribution is 2.29. The monoisotopic (exact) mass is 402 g/mol. The fourth-order valence-corrected chi connectivity index (χ4v) is 3.68. The molecule has 3 heterocycles. The highest BCUT2D eigenvalue weighted by atomic mass is 16.2. The first-order chi connectivity index (χ1) is 14.5. The van der Waals surface area contributed by atoms with Crippen LogP contribution in [-0.2, 0) is 0 Å². The molecule has 30 heavy (non-hydrogen) atoms. The van der Waals surface area contributed by atoms with Crippen LogP contribution in [-0.4, -0.2) is 30.6 Å². The van der Waals surface area contributed by atoms with Crippen LogP contribution in [0.15, 0.2) is 54.9 Å². The van der Waals surface area contributed by atoms with E-state index in [1.807, 2.05) is 30.3 Å². The molecule has 0 radical (unpaired) electrons. The van der Waals surface area contributed by atoms with Gasteiger partial charge in [-0.3, -0.25) is 14.9 Å². The Morgan fingerprint density at radius 3 is 2.50 bits per heavy atom. The molecule has 0 bridgehead atoms. The van der Waals surface area contributed by atoms with E-state index in [1.54, 1.807) is 18.5 Å². The molecule has 2 N–H and O–H groups in total. The standard InChI is InChI=1S/C23H26N6O/c1-14(2)21(22-25-17-7-5-6-8-20(17)29(22)15(3)4)26-23(30)19-13-18(27-28-19)16-9-11-24-12-10-16/h5-15,21H,1-4H3,(H,26,30)(H,27,28). The predicted molar refractivity (Wildman–Crippen MR) is 117 cm³/mol. The van der Waals surface area contributed by atoms with Crippen molar-refractivity contribution >= 4 is 16.9 Å². The molecule has 7 heteroatoms. The van der Waals surface area contributed by atoms with E-state index in [1.165, 1.54) is 0 Å². The lowest BCUT2D eigenvalue weighted by Crippen LogP contribution is -2.34. The molecule has 0 fully saturated rings. The first-order valence-electron chi connectivity index (χ1n) is 10.2. The normalized spacial score (nSPS) is 12.6. The lowest BCUT2D eigenvalue weighted by atomic mass is 10.0. The highest BCUT2D eigenvalue weighted by Gasteiger charge is 2.27. The predicted octanol–water partition coefficient (Wildman–Crippen LogP) is 4.53. The number of H-pyrrole nitrogens is 1. The Kier molecular flexibility index (Phi) is 5.35. The van der Waals surface area contributed by atoms with E-state index < -0.39 is 0 Å². The summed E-state index contributed by atoms with van der Waals surface area (Å²) in [6, 6.07) is 13.5. The number of hydrogen-bond donors (Lipinski definition) is 2. The van der Waals surface area contributed by atoms with Crippen molar-refractivity contribution in [1.82, 2.24) is 30.0 Å². The Balaban J connectivity index is 1.65. The Bertz CT molecular complexity index is 1160. The summed E-state index contributed by atoms with van der Waals surface area (Å²) in [5.74, 6) is 0.818. The highest BCUT2D eigenvalue weighted by molar-refractivity contribution is 5.93. The maximum Gasteiger partial charge on any atom is 0.269 e. The number of amides is 1. The number of carbonyl (C=O) groups excluding carboxylic acids is 1. The van der Waals surface area contributed by atoms with Crippen LogP contribution in [0, 0.1) is 5.92 Å². The summed E-state index contributed by atoms with van der Waals surface area (Å²) in [7, 11) is 0. The molecule has 1 atom stereocenters. The average molecular weight is 403 g/mol. The molecule has 4 rings (SSSR count). The van der Waals surface area contributed by atoms with Crippen molar-refractivity contribution in [3.63, 3.8) is 0 Å². The van der Waals surface area contributed by atoms with Gasteiger partial charge in [0.15, 0.2) is 0 Å². The van der Waals surface area contributed by atoms with Crippen LogP contribution in [0.1, 0.15) is 56.1 Å². The molecule has 1 unspecified atom stereocenters. The summed E-state index contributed by atoms with van der Waals surface area (Å²) in [4.78, 5) is 21.9. The zero-order valence-corrected chi connectivity index (χ0v) is 17.6. The van der Waals surface area contributed by atoms with Gasteiger partial charge in [0.2, 0.25) is 0 Å². The molecule has 1 amide bonds. The first kappa shape index (κ1) is 19.8. The van der Waals surface area contributed by atoms with Gasteiger partial charge in [0.05, 0.1) is 22.8 Å². The number of nitrogens with zero attached hydrogens (tertiary/aromatic N) is 4. The second-order valence-corrected chi connectivity index (χ2v) is 8.02. The van der Waals surface area contributed by atoms with Gasteiger partial charge in [-0.15, -0.1) is 0 Å².